The zero-order chi connectivity index (χ0) is 16.2. The summed E-state index contributed by atoms with van der Waals surface area (Å²) >= 11 is 1.14. The van der Waals surface area contributed by atoms with Crippen molar-refractivity contribution in [2.45, 2.75) is 6.92 Å². The van der Waals surface area contributed by atoms with Crippen LogP contribution in [0, 0.1) is 6.92 Å². The Balaban J connectivity index is 1.73. The largest absolute Gasteiger partial charge is 0.357 e. The number of hydrogen-bond acceptors (Lipinski definition) is 4. The van der Waals surface area contributed by atoms with Crippen molar-refractivity contribution in [1.29, 1.82) is 0 Å². The lowest BCUT2D eigenvalue weighted by Crippen LogP contribution is -2.11. The molecule has 2 heterocycles. The standard InChI is InChI=1S/C16H14N4O2S/c1-10-13(15(22)19-11-6-3-2-4-7-11)23-16(18-10)20-14(21)12-8-5-9-17-12/h2-9,17H,1H3,(H,19,22)(H,18,20,21). The molecule has 0 aliphatic heterocycles. The van der Waals surface area contributed by atoms with Crippen LogP contribution < -0.4 is 10.6 Å². The first-order chi connectivity index (χ1) is 11.1. The number of nitrogens with one attached hydrogen (secondary N) is 3. The molecule has 0 fully saturated rings. The molecule has 23 heavy (non-hydrogen) atoms. The van der Waals surface area contributed by atoms with Crippen molar-refractivity contribution in [3.63, 3.8) is 0 Å². The van der Waals surface area contributed by atoms with Crippen LogP contribution >= 0.6 is 11.3 Å². The molecule has 0 unspecified atom stereocenters. The first kappa shape index (κ1) is 15.0. The van der Waals surface area contributed by atoms with Gasteiger partial charge in [0.1, 0.15) is 10.6 Å². The van der Waals surface area contributed by atoms with Crippen molar-refractivity contribution in [3.05, 3.63) is 64.9 Å². The molecule has 0 radical (unpaired) electrons. The maximum atomic E-state index is 12.3. The molecule has 3 aromatic rings. The van der Waals surface area contributed by atoms with Crippen LogP contribution in [0.2, 0.25) is 0 Å². The lowest BCUT2D eigenvalue weighted by atomic mass is 10.3. The number of hydrogen-bond donors (Lipinski definition) is 3. The molecule has 2 aromatic heterocycles. The normalized spacial score (nSPS) is 10.3. The van der Waals surface area contributed by atoms with Crippen LogP contribution in [0.4, 0.5) is 10.8 Å². The smallest absolute Gasteiger partial charge is 0.273 e. The van der Waals surface area contributed by atoms with Gasteiger partial charge in [0.15, 0.2) is 5.13 Å². The predicted octanol–water partition coefficient (Wildman–Crippen LogP) is 3.28. The van der Waals surface area contributed by atoms with Gasteiger partial charge in [0.05, 0.1) is 5.69 Å². The zero-order valence-corrected chi connectivity index (χ0v) is 13.1. The van der Waals surface area contributed by atoms with E-state index in [1.54, 1.807) is 25.3 Å². The molecule has 0 aliphatic rings. The molecule has 3 rings (SSSR count). The highest BCUT2D eigenvalue weighted by Gasteiger charge is 2.17. The number of para-hydroxylation sites is 1. The summed E-state index contributed by atoms with van der Waals surface area (Å²) in [5.41, 5.74) is 1.72. The molecule has 7 heteroatoms. The van der Waals surface area contributed by atoms with Crippen LogP contribution in [0.1, 0.15) is 25.9 Å². The van der Waals surface area contributed by atoms with Crippen LogP contribution in [-0.2, 0) is 0 Å². The van der Waals surface area contributed by atoms with Gasteiger partial charge in [-0.3, -0.25) is 14.9 Å². The van der Waals surface area contributed by atoms with Crippen molar-refractivity contribution in [3.8, 4) is 0 Å². The van der Waals surface area contributed by atoms with E-state index in [0.29, 0.717) is 27.1 Å². The predicted molar refractivity (Wildman–Crippen MR) is 90.0 cm³/mol. The molecular formula is C16H14N4O2S. The highest BCUT2D eigenvalue weighted by Crippen LogP contribution is 2.24. The van der Waals surface area contributed by atoms with Crippen molar-refractivity contribution >= 4 is 34.0 Å². The summed E-state index contributed by atoms with van der Waals surface area (Å²) in [6.07, 6.45) is 1.67. The van der Waals surface area contributed by atoms with Gasteiger partial charge in [-0.25, -0.2) is 4.98 Å². The van der Waals surface area contributed by atoms with Gasteiger partial charge in [-0.1, -0.05) is 29.5 Å². The number of anilines is 2. The fourth-order valence-electron chi connectivity index (χ4n) is 2.01. The SMILES string of the molecule is Cc1nc(NC(=O)c2ccc[nH]2)sc1C(=O)Nc1ccccc1. The Hall–Kier alpha value is -2.93. The Morgan fingerprint density at radius 3 is 2.52 bits per heavy atom. The average molecular weight is 326 g/mol. The number of rotatable bonds is 4. The summed E-state index contributed by atoms with van der Waals surface area (Å²) in [4.78, 5) is 31.8. The minimum atomic E-state index is -0.293. The minimum Gasteiger partial charge on any atom is -0.357 e. The fraction of sp³-hybridized carbons (Fsp3) is 0.0625. The molecule has 0 spiro atoms. The van der Waals surface area contributed by atoms with Gasteiger partial charge in [0.2, 0.25) is 0 Å². The summed E-state index contributed by atoms with van der Waals surface area (Å²) < 4.78 is 0. The molecule has 0 saturated carbocycles. The van der Waals surface area contributed by atoms with Gasteiger partial charge in [0.25, 0.3) is 11.8 Å². The third-order valence-corrected chi connectivity index (χ3v) is 4.17. The van der Waals surface area contributed by atoms with E-state index in [1.807, 2.05) is 30.3 Å². The van der Waals surface area contributed by atoms with Crippen molar-refractivity contribution in [1.82, 2.24) is 9.97 Å². The lowest BCUT2D eigenvalue weighted by molar-refractivity contribution is 0.101. The van der Waals surface area contributed by atoms with Crippen LogP contribution in [0.15, 0.2) is 48.7 Å². The van der Waals surface area contributed by atoms with Gasteiger partial charge in [-0.05, 0) is 31.2 Å². The Bertz CT molecular complexity index is 825. The Labute approximate surface area is 136 Å². The second-order valence-corrected chi connectivity index (χ2v) is 5.79. The monoisotopic (exact) mass is 326 g/mol. The Morgan fingerprint density at radius 1 is 1.04 bits per heavy atom. The number of carbonyl (C=O) groups is 2. The van der Waals surface area contributed by atoms with E-state index in [0.717, 1.165) is 11.3 Å². The number of nitrogens with zero attached hydrogens (tertiary/aromatic N) is 1. The van der Waals surface area contributed by atoms with Crippen LogP contribution in [0.25, 0.3) is 0 Å². The van der Waals surface area contributed by atoms with Gasteiger partial charge in [-0.2, -0.15) is 0 Å². The number of aryl methyl sites for hydroxylation is 1. The second kappa shape index (κ2) is 6.45. The Morgan fingerprint density at radius 2 is 1.83 bits per heavy atom. The molecule has 1 aromatic carbocycles. The molecule has 116 valence electrons. The van der Waals surface area contributed by atoms with E-state index in [-0.39, 0.29) is 11.8 Å². The third kappa shape index (κ3) is 3.46. The van der Waals surface area contributed by atoms with E-state index >= 15 is 0 Å². The molecule has 0 atom stereocenters. The quantitative estimate of drug-likeness (QED) is 0.687. The number of carbonyl (C=O) groups excluding carboxylic acids is 2. The topological polar surface area (TPSA) is 86.9 Å². The van der Waals surface area contributed by atoms with E-state index < -0.39 is 0 Å². The minimum absolute atomic E-state index is 0.244. The third-order valence-electron chi connectivity index (χ3n) is 3.10. The lowest BCUT2D eigenvalue weighted by Gasteiger charge is -2.02. The molecule has 3 N–H and O–H groups in total. The number of benzene rings is 1. The summed E-state index contributed by atoms with van der Waals surface area (Å²) in [6.45, 7) is 1.74. The molecule has 0 aliphatic carbocycles. The molecule has 0 bridgehead atoms. The number of thiazole rings is 1. The summed E-state index contributed by atoms with van der Waals surface area (Å²) in [6, 6.07) is 12.6. The highest BCUT2D eigenvalue weighted by molar-refractivity contribution is 7.17. The highest BCUT2D eigenvalue weighted by atomic mass is 32.1. The van der Waals surface area contributed by atoms with Gasteiger partial charge in [-0.15, -0.1) is 0 Å². The van der Waals surface area contributed by atoms with E-state index in [1.165, 1.54) is 0 Å². The second-order valence-electron chi connectivity index (χ2n) is 4.79. The first-order valence-electron chi connectivity index (χ1n) is 6.92. The van der Waals surface area contributed by atoms with E-state index in [4.69, 9.17) is 0 Å². The maximum Gasteiger partial charge on any atom is 0.273 e. The van der Waals surface area contributed by atoms with Crippen molar-refractivity contribution in [2.24, 2.45) is 0 Å². The van der Waals surface area contributed by atoms with E-state index in [9.17, 15) is 9.59 Å². The summed E-state index contributed by atoms with van der Waals surface area (Å²) in [5.74, 6) is -0.537. The molecular weight excluding hydrogens is 312 g/mol. The van der Waals surface area contributed by atoms with Gasteiger partial charge >= 0.3 is 0 Å². The Kier molecular flexibility index (Phi) is 4.20. The molecule has 6 nitrogen and oxygen atoms in total. The maximum absolute atomic E-state index is 12.3. The van der Waals surface area contributed by atoms with Crippen molar-refractivity contribution < 1.29 is 9.59 Å². The van der Waals surface area contributed by atoms with Gasteiger partial charge < -0.3 is 10.3 Å². The summed E-state index contributed by atoms with van der Waals surface area (Å²) in [7, 11) is 0. The first-order valence-corrected chi connectivity index (χ1v) is 7.73. The molecule has 0 saturated heterocycles. The fourth-order valence-corrected chi connectivity index (χ4v) is 2.86. The van der Waals surface area contributed by atoms with E-state index in [2.05, 4.69) is 20.6 Å². The summed E-state index contributed by atoms with van der Waals surface area (Å²) in [5, 5.41) is 5.88. The number of aromatic amines is 1. The zero-order valence-electron chi connectivity index (χ0n) is 12.3. The number of aromatic nitrogens is 2. The van der Waals surface area contributed by atoms with Gasteiger partial charge in [0, 0.05) is 11.9 Å². The average Bonchev–Trinajstić information content (AvgIpc) is 3.18. The molecule has 2 amide bonds. The number of H-pyrrole nitrogens is 1. The van der Waals surface area contributed by atoms with Crippen molar-refractivity contribution in [2.75, 3.05) is 10.6 Å². The van der Waals surface area contributed by atoms with Crippen LogP contribution in [0.5, 0.6) is 0 Å². The van der Waals surface area contributed by atoms with Crippen LogP contribution in [0.3, 0.4) is 0 Å². The van der Waals surface area contributed by atoms with Crippen LogP contribution in [-0.4, -0.2) is 21.8 Å². The number of amides is 2.